The molecule has 0 aliphatic carbocycles. The lowest BCUT2D eigenvalue weighted by Gasteiger charge is -2.56. The minimum atomic E-state index is -1.86. The van der Waals surface area contributed by atoms with Gasteiger partial charge in [-0.05, 0) is 35.0 Å². The van der Waals surface area contributed by atoms with Gasteiger partial charge < -0.3 is 35.8 Å². The van der Waals surface area contributed by atoms with Gasteiger partial charge in [0.2, 0.25) is 17.0 Å². The molecule has 3 aliphatic heterocycles. The largest absolute Gasteiger partial charge is 0.508 e. The molecule has 3 aliphatic rings. The van der Waals surface area contributed by atoms with Gasteiger partial charge in [0, 0.05) is 38.2 Å². The van der Waals surface area contributed by atoms with Crippen LogP contribution in [0.15, 0.2) is 29.4 Å². The summed E-state index contributed by atoms with van der Waals surface area (Å²) in [5.74, 6) is -5.34. The Morgan fingerprint density at radius 2 is 1.87 bits per heavy atom. The smallest absolute Gasteiger partial charge is 0.329 e. The summed E-state index contributed by atoms with van der Waals surface area (Å²) in [5.41, 5.74) is -1.67. The summed E-state index contributed by atoms with van der Waals surface area (Å²) in [6, 6.07) is -0.0440. The van der Waals surface area contributed by atoms with Crippen molar-refractivity contribution in [3.05, 3.63) is 29.8 Å². The number of rotatable bonds is 9. The second kappa shape index (κ2) is 12.5. The Hall–Kier alpha value is -4.43. The molecule has 6 amide bonds. The van der Waals surface area contributed by atoms with Crippen LogP contribution in [0.1, 0.15) is 18.5 Å². The van der Waals surface area contributed by atoms with Crippen molar-refractivity contribution in [2.24, 2.45) is 7.05 Å². The van der Waals surface area contributed by atoms with Gasteiger partial charge in [-0.1, -0.05) is 23.9 Å². The highest BCUT2D eigenvalue weighted by atomic mass is 32.2. The predicted octanol–water partition coefficient (Wildman–Crippen LogP) is -2.27. The number of nitrogens with zero attached hydrogens (tertiary/aromatic N) is 7. The summed E-state index contributed by atoms with van der Waals surface area (Å²) in [7, 11) is 1.58. The Balaban J connectivity index is 1.31. The highest BCUT2D eigenvalue weighted by Gasteiger charge is 2.62. The van der Waals surface area contributed by atoms with Crippen molar-refractivity contribution in [1.82, 2.24) is 45.5 Å². The van der Waals surface area contributed by atoms with Crippen LogP contribution in [0.3, 0.4) is 0 Å². The van der Waals surface area contributed by atoms with Crippen molar-refractivity contribution in [2.45, 2.75) is 41.2 Å². The van der Waals surface area contributed by atoms with Crippen molar-refractivity contribution < 1.29 is 44.1 Å². The molecule has 0 saturated carbocycles. The molecule has 5 atom stereocenters. The lowest BCUT2D eigenvalue weighted by Crippen LogP contribution is -2.80. The number of piperazine rings is 1. The van der Waals surface area contributed by atoms with Crippen molar-refractivity contribution >= 4 is 59.2 Å². The number of hydrogen-bond acceptors (Lipinski definition) is 13. The molecule has 240 valence electrons. The molecular formula is C25H29N9O9S2. The van der Waals surface area contributed by atoms with E-state index in [1.54, 1.807) is 14.0 Å². The maximum Gasteiger partial charge on any atom is 0.329 e. The molecule has 3 fully saturated rings. The summed E-state index contributed by atoms with van der Waals surface area (Å²) in [5, 5.41) is 46.6. The van der Waals surface area contributed by atoms with Gasteiger partial charge in [0.15, 0.2) is 6.04 Å². The van der Waals surface area contributed by atoms with Crippen molar-refractivity contribution in [3.8, 4) is 5.75 Å². The first-order valence-electron chi connectivity index (χ1n) is 13.6. The number of aliphatic hydroxyl groups is 1. The number of hydrogen-bond donors (Lipinski definition) is 5. The summed E-state index contributed by atoms with van der Waals surface area (Å²) >= 11 is 2.10. The van der Waals surface area contributed by atoms with Gasteiger partial charge in [-0.2, -0.15) is 0 Å². The number of fused-ring (bicyclic) bond motifs is 1. The van der Waals surface area contributed by atoms with Gasteiger partial charge in [0.1, 0.15) is 28.8 Å². The van der Waals surface area contributed by atoms with Gasteiger partial charge in [-0.3, -0.25) is 24.1 Å². The maximum atomic E-state index is 13.6. The first-order valence-corrected chi connectivity index (χ1v) is 15.6. The summed E-state index contributed by atoms with van der Waals surface area (Å²) in [6.07, 6.45) is 0. The maximum absolute atomic E-state index is 13.6. The Morgan fingerprint density at radius 3 is 2.49 bits per heavy atom. The number of aryl methyl sites for hydroxylation is 1. The Morgan fingerprint density at radius 1 is 1.16 bits per heavy atom. The number of phenolic OH excluding ortho intramolecular Hbond substituents is 1. The number of amides is 6. The van der Waals surface area contributed by atoms with E-state index in [1.807, 2.05) is 0 Å². The number of aliphatic carboxylic acids is 1. The summed E-state index contributed by atoms with van der Waals surface area (Å²) in [6.45, 7) is 1.98. The third-order valence-electron chi connectivity index (χ3n) is 7.63. The van der Waals surface area contributed by atoms with Crippen LogP contribution in [0.2, 0.25) is 0 Å². The van der Waals surface area contributed by atoms with E-state index in [9.17, 15) is 44.1 Å². The molecule has 1 aromatic carbocycles. The van der Waals surface area contributed by atoms with Crippen molar-refractivity contribution in [2.75, 3.05) is 31.1 Å². The average molecular weight is 664 g/mol. The van der Waals surface area contributed by atoms with E-state index in [0.29, 0.717) is 10.1 Å². The molecule has 45 heavy (non-hydrogen) atoms. The Kier molecular flexibility index (Phi) is 8.90. The normalized spacial score (nSPS) is 25.4. The molecule has 3 saturated heterocycles. The van der Waals surface area contributed by atoms with E-state index in [2.05, 4.69) is 26.2 Å². The lowest BCUT2D eigenvalue weighted by atomic mass is 9.91. The lowest BCUT2D eigenvalue weighted by molar-refractivity contribution is -0.174. The monoisotopic (exact) mass is 663 g/mol. The van der Waals surface area contributed by atoms with E-state index in [1.165, 1.54) is 33.8 Å². The molecule has 0 spiro atoms. The fraction of sp³-hybridized carbons (Fsp3) is 0.480. The molecule has 2 unspecified atom stereocenters. The zero-order valence-electron chi connectivity index (χ0n) is 23.9. The number of thioether (sulfide) groups is 2. The molecular weight excluding hydrogens is 634 g/mol. The molecule has 5 rings (SSSR count). The first kappa shape index (κ1) is 32.0. The van der Waals surface area contributed by atoms with Crippen LogP contribution in [0, 0.1) is 0 Å². The fourth-order valence-corrected chi connectivity index (χ4v) is 7.78. The number of benzene rings is 1. The van der Waals surface area contributed by atoms with E-state index < -0.39 is 64.7 Å². The number of carboxylic acid groups (broad SMARTS) is 1. The summed E-state index contributed by atoms with van der Waals surface area (Å²) < 4.78 is 1.35. The molecule has 5 N–H and O–H groups in total. The van der Waals surface area contributed by atoms with Gasteiger partial charge in [0.05, 0.1) is 0 Å². The van der Waals surface area contributed by atoms with Gasteiger partial charge in [-0.15, -0.1) is 16.9 Å². The number of likely N-dealkylation sites (N-methyl/N-ethyl adjacent to an activating group) is 1. The van der Waals surface area contributed by atoms with Crippen LogP contribution in [-0.4, -0.2) is 140 Å². The zero-order valence-corrected chi connectivity index (χ0v) is 25.5. The van der Waals surface area contributed by atoms with Crippen LogP contribution >= 0.6 is 23.5 Å². The van der Waals surface area contributed by atoms with E-state index in [0.717, 1.165) is 28.4 Å². The quantitative estimate of drug-likeness (QED) is 0.108. The topological polar surface area (TPSA) is 240 Å². The molecule has 0 bridgehead atoms. The molecule has 2 aromatic rings. The fourth-order valence-electron chi connectivity index (χ4n) is 5.22. The Labute approximate surface area is 263 Å². The average Bonchev–Trinajstić information content (AvgIpc) is 3.43. The van der Waals surface area contributed by atoms with Gasteiger partial charge in [0.25, 0.3) is 0 Å². The third kappa shape index (κ3) is 5.99. The molecule has 4 heterocycles. The number of carbonyl (C=O) groups excluding carboxylic acids is 5. The van der Waals surface area contributed by atoms with Crippen LogP contribution in [0.4, 0.5) is 4.79 Å². The summed E-state index contributed by atoms with van der Waals surface area (Å²) in [4.78, 5) is 80.2. The highest BCUT2D eigenvalue weighted by Crippen LogP contribution is 2.44. The SMILES string of the molecule is CCN1CCN(C(=O)N[C@@H](C(=O)N[C@@H]2C(=O)N3C(C(=O)O)C(O)(CSc4nnnn4C)CS[C@H]23)c2ccc(O)cc2)C(=O)C1=O. The van der Waals surface area contributed by atoms with Crippen LogP contribution < -0.4 is 10.6 Å². The number of phenols is 1. The highest BCUT2D eigenvalue weighted by molar-refractivity contribution is 8.00. The predicted molar refractivity (Wildman–Crippen MR) is 154 cm³/mol. The van der Waals surface area contributed by atoms with Crippen LogP contribution in [0.25, 0.3) is 0 Å². The van der Waals surface area contributed by atoms with E-state index in [-0.39, 0.29) is 42.5 Å². The van der Waals surface area contributed by atoms with E-state index >= 15 is 0 Å². The number of tetrazole rings is 1. The number of urea groups is 1. The standard InChI is InChI=1S/C25H29N9O9S2/c1-3-32-8-9-33(20(39)19(32)38)23(42)27-14(12-4-6-13(35)7-5-12)17(36)26-15-18(37)34-16(22(40)41)25(43,10-44-21(15)34)11-45-24-28-29-30-31(24)2/h4-7,14-16,21,35,43H,3,8-11H2,1-2H3,(H,26,36)(H,27,42)(H,40,41)/t14-,15-,16?,21-,25?/m1/s1. The molecule has 20 heteroatoms. The Bertz CT molecular complexity index is 1540. The zero-order chi connectivity index (χ0) is 32.6. The number of nitrogens with one attached hydrogen (secondary N) is 2. The second-order valence-corrected chi connectivity index (χ2v) is 12.5. The third-order valence-corrected chi connectivity index (χ3v) is 10.4. The van der Waals surface area contributed by atoms with Crippen LogP contribution in [0.5, 0.6) is 5.75 Å². The number of β-lactam (4-membered cyclic amide) rings is 1. The van der Waals surface area contributed by atoms with E-state index in [4.69, 9.17) is 0 Å². The number of aromatic hydroxyl groups is 1. The molecule has 1 aromatic heterocycles. The van der Waals surface area contributed by atoms with Gasteiger partial charge in [-0.25, -0.2) is 14.3 Å². The number of aromatic nitrogens is 4. The minimum absolute atomic E-state index is 0.0962. The van der Waals surface area contributed by atoms with Gasteiger partial charge >= 0.3 is 23.8 Å². The first-order chi connectivity index (χ1) is 21.4. The van der Waals surface area contributed by atoms with Crippen LogP contribution in [-0.2, 0) is 31.0 Å². The molecule has 0 radical (unpaired) electrons. The minimum Gasteiger partial charge on any atom is -0.508 e. The number of carboxylic acids is 1. The van der Waals surface area contributed by atoms with Crippen molar-refractivity contribution in [3.63, 3.8) is 0 Å². The number of imide groups is 1. The van der Waals surface area contributed by atoms with Crippen molar-refractivity contribution in [1.29, 1.82) is 0 Å². The second-order valence-electron chi connectivity index (χ2n) is 10.5. The molecule has 18 nitrogen and oxygen atoms in total. The number of carbonyl (C=O) groups is 6.